The van der Waals surface area contributed by atoms with Crippen LogP contribution < -0.4 is 0 Å². The van der Waals surface area contributed by atoms with Gasteiger partial charge in [0.2, 0.25) is 5.82 Å². The molecule has 0 atom stereocenters. The molecule has 0 unspecified atom stereocenters. The number of carbonyl (C=O) groups excluding carboxylic acids is 2. The maximum atomic E-state index is 15.4. The predicted octanol–water partition coefficient (Wildman–Crippen LogP) is 7.57. The van der Waals surface area contributed by atoms with Crippen molar-refractivity contribution in [3.8, 4) is 34.0 Å². The highest BCUT2D eigenvalue weighted by atomic mass is 19.1. The number of carbonyl (C=O) groups is 2. The molecule has 0 fully saturated rings. The molecule has 1 aromatic heterocycles. The number of halogens is 2. The Labute approximate surface area is 261 Å². The minimum absolute atomic E-state index is 0.139. The van der Waals surface area contributed by atoms with E-state index in [0.717, 1.165) is 10.5 Å². The summed E-state index contributed by atoms with van der Waals surface area (Å²) in [5.41, 5.74) is 1.29. The van der Waals surface area contributed by atoms with E-state index in [4.69, 9.17) is 18.7 Å². The van der Waals surface area contributed by atoms with Crippen LogP contribution in [-0.4, -0.2) is 52.0 Å². The molecule has 9 nitrogen and oxygen atoms in total. The summed E-state index contributed by atoms with van der Waals surface area (Å²) in [5.74, 6) is -1.33. The fourth-order valence-electron chi connectivity index (χ4n) is 4.46. The Morgan fingerprint density at radius 3 is 2.16 bits per heavy atom. The zero-order valence-corrected chi connectivity index (χ0v) is 26.4. The lowest BCUT2D eigenvalue weighted by Gasteiger charge is -2.28. The second-order valence-electron chi connectivity index (χ2n) is 12.4. The molecule has 0 aliphatic rings. The van der Waals surface area contributed by atoms with Crippen LogP contribution >= 0.6 is 0 Å². The molecule has 0 saturated heterocycles. The number of hydrogen-bond donors (Lipinski definition) is 0. The lowest BCUT2D eigenvalue weighted by Crippen LogP contribution is -2.41. The summed E-state index contributed by atoms with van der Waals surface area (Å²) < 4.78 is 51.5. The summed E-state index contributed by atoms with van der Waals surface area (Å²) in [7, 11) is 1.55. The van der Waals surface area contributed by atoms with Crippen LogP contribution in [0, 0.1) is 11.6 Å². The van der Waals surface area contributed by atoms with E-state index >= 15 is 4.39 Å². The van der Waals surface area contributed by atoms with E-state index in [2.05, 4.69) is 10.1 Å². The van der Waals surface area contributed by atoms with Gasteiger partial charge in [0.25, 0.3) is 5.89 Å². The van der Waals surface area contributed by atoms with Crippen molar-refractivity contribution in [1.29, 1.82) is 0 Å². The van der Waals surface area contributed by atoms with Crippen LogP contribution in [0.15, 0.2) is 65.2 Å². The van der Waals surface area contributed by atoms with Crippen LogP contribution in [0.5, 0.6) is 0 Å². The van der Waals surface area contributed by atoms with E-state index in [1.165, 1.54) is 18.2 Å². The minimum Gasteiger partial charge on any atom is -0.459 e. The van der Waals surface area contributed by atoms with Gasteiger partial charge in [0.15, 0.2) is 0 Å². The molecule has 11 heteroatoms. The number of methoxy groups -OCH3 is 1. The monoisotopic (exact) mass is 621 g/mol. The third kappa shape index (κ3) is 8.95. The number of nitrogens with zero attached hydrogens (tertiary/aromatic N) is 3. The molecule has 238 valence electrons. The Balaban J connectivity index is 1.57. The molecule has 4 aromatic rings. The van der Waals surface area contributed by atoms with Crippen LogP contribution in [0.3, 0.4) is 0 Å². The van der Waals surface area contributed by atoms with Gasteiger partial charge in [-0.15, -0.1) is 0 Å². The normalized spacial score (nSPS) is 11.8. The van der Waals surface area contributed by atoms with E-state index in [9.17, 15) is 14.0 Å². The summed E-state index contributed by atoms with van der Waals surface area (Å²) >= 11 is 0. The molecule has 0 spiro atoms. The Morgan fingerprint density at radius 2 is 1.51 bits per heavy atom. The van der Waals surface area contributed by atoms with Gasteiger partial charge in [-0.25, -0.2) is 13.6 Å². The largest absolute Gasteiger partial charge is 0.459 e. The molecular formula is C34H37F2N3O6. The number of hydrogen-bond acceptors (Lipinski definition) is 8. The minimum atomic E-state index is -0.829. The molecular weight excluding hydrogens is 584 g/mol. The van der Waals surface area contributed by atoms with Gasteiger partial charge in [0.05, 0.1) is 13.2 Å². The molecule has 0 N–H and O–H groups in total. The topological polar surface area (TPSA) is 104 Å². The smallest absolute Gasteiger partial charge is 0.411 e. The lowest BCUT2D eigenvalue weighted by atomic mass is 9.97. The zero-order chi connectivity index (χ0) is 32.9. The zero-order valence-electron chi connectivity index (χ0n) is 26.4. The first kappa shape index (κ1) is 33.3. The molecule has 0 radical (unpaired) electrons. The van der Waals surface area contributed by atoms with Crippen molar-refractivity contribution < 1.29 is 37.1 Å². The van der Waals surface area contributed by atoms with Crippen LogP contribution in [0.25, 0.3) is 34.0 Å². The predicted molar refractivity (Wildman–Crippen MR) is 164 cm³/mol. The number of rotatable bonds is 9. The second-order valence-corrected chi connectivity index (χ2v) is 12.4. The van der Waals surface area contributed by atoms with Crippen LogP contribution in [-0.2, 0) is 32.2 Å². The molecule has 4 rings (SSSR count). The number of esters is 1. The molecule has 1 heterocycles. The number of amides is 1. The standard InChI is InChI=1S/C34H37F2N3O6/c1-33(2,3)43-29(40)19-39(32(41)44-34(4,5)6)18-23-13-12-21(17-28(23)36)30-37-31(45-38-30)22-14-15-25(24(16-22)20-42-7)26-10-8-9-11-27(26)35/h8-17H,18-20H2,1-7H3. The van der Waals surface area contributed by atoms with Crippen molar-refractivity contribution >= 4 is 12.1 Å². The summed E-state index contributed by atoms with van der Waals surface area (Å²) in [5, 5.41) is 4.02. The van der Waals surface area contributed by atoms with Gasteiger partial charge in [-0.1, -0.05) is 41.6 Å². The van der Waals surface area contributed by atoms with Crippen molar-refractivity contribution in [1.82, 2.24) is 15.0 Å². The number of ether oxygens (including phenoxy) is 3. The Hall–Kier alpha value is -4.64. The van der Waals surface area contributed by atoms with E-state index in [1.54, 1.807) is 91.1 Å². The average molecular weight is 622 g/mol. The average Bonchev–Trinajstić information content (AvgIpc) is 3.43. The highest BCUT2D eigenvalue weighted by molar-refractivity contribution is 5.78. The fraction of sp³-hybridized carbons (Fsp3) is 0.353. The van der Waals surface area contributed by atoms with E-state index in [-0.39, 0.29) is 36.2 Å². The van der Waals surface area contributed by atoms with Crippen molar-refractivity contribution in [2.75, 3.05) is 13.7 Å². The second kappa shape index (κ2) is 13.6. The lowest BCUT2D eigenvalue weighted by molar-refractivity contribution is -0.156. The molecule has 0 saturated carbocycles. The third-order valence-corrected chi connectivity index (χ3v) is 6.31. The van der Waals surface area contributed by atoms with Gasteiger partial charge < -0.3 is 18.7 Å². The molecule has 0 aliphatic heterocycles. The summed E-state index contributed by atoms with van der Waals surface area (Å²) in [6.07, 6.45) is -0.784. The highest BCUT2D eigenvalue weighted by Crippen LogP contribution is 2.32. The Morgan fingerprint density at radius 1 is 0.822 bits per heavy atom. The van der Waals surface area contributed by atoms with Crippen molar-refractivity contribution in [3.05, 3.63) is 83.4 Å². The van der Waals surface area contributed by atoms with E-state index in [0.29, 0.717) is 22.3 Å². The first-order valence-corrected chi connectivity index (χ1v) is 14.3. The highest BCUT2D eigenvalue weighted by Gasteiger charge is 2.27. The SMILES string of the molecule is COCc1cc(-c2nc(-c3ccc(CN(CC(=O)OC(C)(C)C)C(=O)OC(C)(C)C)c(F)c3)no2)ccc1-c1ccccc1F. The Kier molecular flexibility index (Phi) is 10.0. The van der Waals surface area contributed by atoms with Gasteiger partial charge in [0, 0.05) is 29.4 Å². The molecule has 0 bridgehead atoms. The Bertz CT molecular complexity index is 1670. The maximum absolute atomic E-state index is 15.4. The fourth-order valence-corrected chi connectivity index (χ4v) is 4.46. The summed E-state index contributed by atoms with van der Waals surface area (Å²) in [6, 6.07) is 16.0. The molecule has 3 aromatic carbocycles. The van der Waals surface area contributed by atoms with E-state index < -0.39 is 35.6 Å². The third-order valence-electron chi connectivity index (χ3n) is 6.31. The van der Waals surface area contributed by atoms with Crippen LogP contribution in [0.4, 0.5) is 13.6 Å². The van der Waals surface area contributed by atoms with Crippen molar-refractivity contribution in [3.63, 3.8) is 0 Å². The quantitative estimate of drug-likeness (QED) is 0.176. The van der Waals surface area contributed by atoms with Gasteiger partial charge in [-0.05, 0) is 76.9 Å². The summed E-state index contributed by atoms with van der Waals surface area (Å²) in [4.78, 5) is 30.9. The van der Waals surface area contributed by atoms with Gasteiger partial charge in [0.1, 0.15) is 29.4 Å². The van der Waals surface area contributed by atoms with Crippen LogP contribution in [0.1, 0.15) is 52.7 Å². The first-order chi connectivity index (χ1) is 21.1. The number of benzene rings is 3. The first-order valence-electron chi connectivity index (χ1n) is 14.3. The van der Waals surface area contributed by atoms with Gasteiger partial charge in [-0.2, -0.15) is 4.98 Å². The number of aromatic nitrogens is 2. The summed E-state index contributed by atoms with van der Waals surface area (Å²) in [6.45, 7) is 9.77. The van der Waals surface area contributed by atoms with Gasteiger partial charge in [-0.3, -0.25) is 9.69 Å². The maximum Gasteiger partial charge on any atom is 0.411 e. The van der Waals surface area contributed by atoms with Crippen molar-refractivity contribution in [2.45, 2.75) is 65.9 Å². The van der Waals surface area contributed by atoms with Crippen molar-refractivity contribution in [2.24, 2.45) is 0 Å². The van der Waals surface area contributed by atoms with Crippen LogP contribution in [0.2, 0.25) is 0 Å². The van der Waals surface area contributed by atoms with Gasteiger partial charge >= 0.3 is 12.1 Å². The molecule has 1 amide bonds. The molecule has 45 heavy (non-hydrogen) atoms. The molecule has 0 aliphatic carbocycles. The van der Waals surface area contributed by atoms with E-state index in [1.807, 2.05) is 0 Å².